The van der Waals surface area contributed by atoms with Gasteiger partial charge in [-0.25, -0.2) is 0 Å². The Hall–Kier alpha value is -2.16. The van der Waals surface area contributed by atoms with E-state index in [0.717, 1.165) is 28.4 Å². The molecule has 0 saturated carbocycles. The molecule has 0 spiro atoms. The molecule has 0 atom stereocenters. The number of methoxy groups -OCH3 is 1. The van der Waals surface area contributed by atoms with Gasteiger partial charge in [-0.3, -0.25) is 0 Å². The minimum atomic E-state index is 0.807. The number of aryl methyl sites for hydroxylation is 1. The van der Waals surface area contributed by atoms with Gasteiger partial charge in [-0.1, -0.05) is 6.07 Å². The van der Waals surface area contributed by atoms with Crippen LogP contribution >= 0.6 is 0 Å². The lowest BCUT2D eigenvalue weighted by Crippen LogP contribution is -1.94. The first-order valence-electron chi connectivity index (χ1n) is 5.46. The second-order valence-electron chi connectivity index (χ2n) is 3.93. The molecule has 2 rings (SSSR count). The molecule has 0 aliphatic rings. The predicted molar refractivity (Wildman–Crippen MR) is 71.9 cm³/mol. The Kier molecular flexibility index (Phi) is 3.19. The topological polar surface area (TPSA) is 47.3 Å². The predicted octanol–water partition coefficient (Wildman–Crippen LogP) is 3.33. The van der Waals surface area contributed by atoms with Crippen LogP contribution in [0.3, 0.4) is 0 Å². The molecule has 0 fully saturated rings. The molecule has 0 radical (unpaired) electrons. The number of anilines is 3. The van der Waals surface area contributed by atoms with E-state index in [-0.39, 0.29) is 0 Å². The maximum atomic E-state index is 5.78. The van der Waals surface area contributed by atoms with Crippen molar-refractivity contribution in [2.24, 2.45) is 0 Å². The van der Waals surface area contributed by atoms with Crippen molar-refractivity contribution in [3.8, 4) is 5.75 Å². The molecular formula is C14H16N2O. The number of nitrogens with one attached hydrogen (secondary N) is 1. The molecule has 0 bridgehead atoms. The van der Waals surface area contributed by atoms with Gasteiger partial charge in [0.2, 0.25) is 0 Å². The zero-order chi connectivity index (χ0) is 12.3. The van der Waals surface area contributed by atoms with E-state index in [9.17, 15) is 0 Å². The number of nitrogens with two attached hydrogens (primary N) is 1. The van der Waals surface area contributed by atoms with Crippen LogP contribution in [0.25, 0.3) is 0 Å². The van der Waals surface area contributed by atoms with Gasteiger partial charge < -0.3 is 15.8 Å². The van der Waals surface area contributed by atoms with Gasteiger partial charge in [0.1, 0.15) is 5.75 Å². The Morgan fingerprint density at radius 2 is 1.82 bits per heavy atom. The molecule has 0 saturated heterocycles. The summed E-state index contributed by atoms with van der Waals surface area (Å²) in [6.07, 6.45) is 0. The largest absolute Gasteiger partial charge is 0.497 e. The third-order valence-corrected chi connectivity index (χ3v) is 2.63. The first-order chi connectivity index (χ1) is 8.19. The van der Waals surface area contributed by atoms with Gasteiger partial charge in [-0.2, -0.15) is 0 Å². The SMILES string of the molecule is COc1cccc(Nc2ccc(N)c(C)c2)c1. The number of hydrogen-bond donors (Lipinski definition) is 2. The van der Waals surface area contributed by atoms with E-state index in [4.69, 9.17) is 10.5 Å². The van der Waals surface area contributed by atoms with Crippen molar-refractivity contribution in [1.29, 1.82) is 0 Å². The summed E-state index contributed by atoms with van der Waals surface area (Å²) in [5, 5.41) is 3.31. The number of ether oxygens (including phenoxy) is 1. The molecule has 2 aromatic carbocycles. The van der Waals surface area contributed by atoms with E-state index in [2.05, 4.69) is 5.32 Å². The van der Waals surface area contributed by atoms with Crippen LogP contribution in [0.5, 0.6) is 5.75 Å². The first kappa shape index (κ1) is 11.3. The molecule has 2 aromatic rings. The molecule has 0 heterocycles. The van der Waals surface area contributed by atoms with Crippen molar-refractivity contribution in [3.63, 3.8) is 0 Å². The first-order valence-corrected chi connectivity index (χ1v) is 5.46. The third kappa shape index (κ3) is 2.69. The summed E-state index contributed by atoms with van der Waals surface area (Å²) in [5.41, 5.74) is 9.67. The van der Waals surface area contributed by atoms with Crippen molar-refractivity contribution in [2.75, 3.05) is 18.2 Å². The quantitative estimate of drug-likeness (QED) is 0.792. The number of benzene rings is 2. The number of hydrogen-bond acceptors (Lipinski definition) is 3. The zero-order valence-electron chi connectivity index (χ0n) is 10.0. The van der Waals surface area contributed by atoms with Gasteiger partial charge in [-0.15, -0.1) is 0 Å². The fourth-order valence-corrected chi connectivity index (χ4v) is 1.62. The van der Waals surface area contributed by atoms with Gasteiger partial charge in [0, 0.05) is 23.1 Å². The van der Waals surface area contributed by atoms with E-state index in [1.165, 1.54) is 0 Å². The lowest BCUT2D eigenvalue weighted by atomic mass is 10.2. The lowest BCUT2D eigenvalue weighted by Gasteiger charge is -2.09. The zero-order valence-corrected chi connectivity index (χ0v) is 10.0. The summed E-state index contributed by atoms with van der Waals surface area (Å²) in [7, 11) is 1.66. The Bertz CT molecular complexity index is 523. The van der Waals surface area contributed by atoms with Gasteiger partial charge >= 0.3 is 0 Å². The van der Waals surface area contributed by atoms with E-state index >= 15 is 0 Å². The maximum Gasteiger partial charge on any atom is 0.120 e. The second-order valence-corrected chi connectivity index (χ2v) is 3.93. The van der Waals surface area contributed by atoms with Crippen LogP contribution in [0.15, 0.2) is 42.5 Å². The minimum absolute atomic E-state index is 0.807. The highest BCUT2D eigenvalue weighted by Crippen LogP contribution is 2.23. The molecular weight excluding hydrogens is 212 g/mol. The van der Waals surface area contributed by atoms with Crippen LogP contribution in [0, 0.1) is 6.92 Å². The minimum Gasteiger partial charge on any atom is -0.497 e. The van der Waals surface area contributed by atoms with Crippen molar-refractivity contribution in [3.05, 3.63) is 48.0 Å². The molecule has 0 aromatic heterocycles. The third-order valence-electron chi connectivity index (χ3n) is 2.63. The summed E-state index contributed by atoms with van der Waals surface area (Å²) < 4.78 is 5.18. The number of rotatable bonds is 3. The summed E-state index contributed by atoms with van der Waals surface area (Å²) in [6.45, 7) is 1.99. The Morgan fingerprint density at radius 3 is 2.53 bits per heavy atom. The van der Waals surface area contributed by atoms with Gasteiger partial charge in [0.15, 0.2) is 0 Å². The van der Waals surface area contributed by atoms with Crippen LogP contribution in [-0.2, 0) is 0 Å². The lowest BCUT2D eigenvalue weighted by molar-refractivity contribution is 0.415. The van der Waals surface area contributed by atoms with Crippen molar-refractivity contribution in [2.45, 2.75) is 6.92 Å². The van der Waals surface area contributed by atoms with Crippen molar-refractivity contribution in [1.82, 2.24) is 0 Å². The van der Waals surface area contributed by atoms with Gasteiger partial charge in [0.05, 0.1) is 7.11 Å². The molecule has 3 heteroatoms. The van der Waals surface area contributed by atoms with Crippen LogP contribution in [-0.4, -0.2) is 7.11 Å². The van der Waals surface area contributed by atoms with E-state index in [1.54, 1.807) is 7.11 Å². The highest BCUT2D eigenvalue weighted by Gasteiger charge is 1.99. The second kappa shape index (κ2) is 4.78. The van der Waals surface area contributed by atoms with Gasteiger partial charge in [-0.05, 0) is 42.8 Å². The maximum absolute atomic E-state index is 5.78. The normalized spacial score (nSPS) is 10.0. The fraction of sp³-hybridized carbons (Fsp3) is 0.143. The fourth-order valence-electron chi connectivity index (χ4n) is 1.62. The summed E-state index contributed by atoms with van der Waals surface area (Å²) in [5.74, 6) is 0.835. The molecule has 17 heavy (non-hydrogen) atoms. The van der Waals surface area contributed by atoms with Crippen molar-refractivity contribution < 1.29 is 4.74 Å². The Balaban J connectivity index is 2.22. The molecule has 88 valence electrons. The number of nitrogen functional groups attached to an aromatic ring is 1. The average Bonchev–Trinajstić information content (AvgIpc) is 2.34. The summed E-state index contributed by atoms with van der Waals surface area (Å²) in [6, 6.07) is 13.7. The van der Waals surface area contributed by atoms with E-state index in [1.807, 2.05) is 49.4 Å². The summed E-state index contributed by atoms with van der Waals surface area (Å²) >= 11 is 0. The standard InChI is InChI=1S/C14H16N2O/c1-10-8-12(6-7-14(10)15)16-11-4-3-5-13(9-11)17-2/h3-9,16H,15H2,1-2H3. The van der Waals surface area contributed by atoms with E-state index in [0.29, 0.717) is 0 Å². The van der Waals surface area contributed by atoms with Crippen molar-refractivity contribution >= 4 is 17.1 Å². The molecule has 3 N–H and O–H groups in total. The molecule has 3 nitrogen and oxygen atoms in total. The molecule has 0 amide bonds. The average molecular weight is 228 g/mol. The van der Waals surface area contributed by atoms with Crippen LogP contribution < -0.4 is 15.8 Å². The molecule has 0 aliphatic heterocycles. The Morgan fingerprint density at radius 1 is 1.06 bits per heavy atom. The molecule has 0 unspecified atom stereocenters. The highest BCUT2D eigenvalue weighted by molar-refractivity contribution is 5.65. The van der Waals surface area contributed by atoms with E-state index < -0.39 is 0 Å². The highest BCUT2D eigenvalue weighted by atomic mass is 16.5. The smallest absolute Gasteiger partial charge is 0.120 e. The Labute approximate surface area is 101 Å². The van der Waals surface area contributed by atoms with Crippen LogP contribution in [0.4, 0.5) is 17.1 Å². The van der Waals surface area contributed by atoms with Crippen LogP contribution in [0.2, 0.25) is 0 Å². The van der Waals surface area contributed by atoms with Crippen LogP contribution in [0.1, 0.15) is 5.56 Å². The monoisotopic (exact) mass is 228 g/mol. The summed E-state index contributed by atoms with van der Waals surface area (Å²) in [4.78, 5) is 0. The molecule has 0 aliphatic carbocycles. The van der Waals surface area contributed by atoms with Gasteiger partial charge in [0.25, 0.3) is 0 Å².